The Labute approximate surface area is 142 Å². The number of aromatic nitrogens is 1. The Morgan fingerprint density at radius 1 is 1.26 bits per heavy atom. The topological polar surface area (TPSA) is 51.2 Å². The number of benzene rings is 2. The van der Waals surface area contributed by atoms with Gasteiger partial charge in [-0.1, -0.05) is 11.3 Å². The normalized spacial score (nSPS) is 10.7. The van der Waals surface area contributed by atoms with Crippen LogP contribution in [0.2, 0.25) is 0 Å². The summed E-state index contributed by atoms with van der Waals surface area (Å²) in [6.45, 7) is 2.53. The summed E-state index contributed by atoms with van der Waals surface area (Å²) < 4.78 is 6.44. The number of anilines is 1. The minimum atomic E-state index is -0.169. The van der Waals surface area contributed by atoms with Gasteiger partial charge in [0.25, 0.3) is 5.91 Å². The third-order valence-electron chi connectivity index (χ3n) is 3.24. The Kier molecular flexibility index (Phi) is 4.83. The predicted octanol–water partition coefficient (Wildman–Crippen LogP) is 4.67. The number of rotatable bonds is 5. The Morgan fingerprint density at radius 2 is 2.04 bits per heavy atom. The Hall–Kier alpha value is -2.05. The SMILES string of the molecule is CCOc1ccc(C(=O)Nc2nc3ccc(SC)cc3s2)cc1. The van der Waals surface area contributed by atoms with Crippen LogP contribution in [0.5, 0.6) is 5.75 Å². The highest BCUT2D eigenvalue weighted by atomic mass is 32.2. The number of hydrogen-bond donors (Lipinski definition) is 1. The Morgan fingerprint density at radius 3 is 2.74 bits per heavy atom. The minimum absolute atomic E-state index is 0.169. The highest BCUT2D eigenvalue weighted by Crippen LogP contribution is 2.29. The number of ether oxygens (including phenoxy) is 1. The van der Waals surface area contributed by atoms with Gasteiger partial charge in [0.15, 0.2) is 5.13 Å². The summed E-state index contributed by atoms with van der Waals surface area (Å²) in [5, 5.41) is 3.47. The van der Waals surface area contributed by atoms with Gasteiger partial charge in [0, 0.05) is 10.5 Å². The van der Waals surface area contributed by atoms with E-state index < -0.39 is 0 Å². The molecule has 0 aliphatic rings. The van der Waals surface area contributed by atoms with Crippen molar-refractivity contribution in [3.63, 3.8) is 0 Å². The molecule has 1 amide bonds. The summed E-state index contributed by atoms with van der Waals surface area (Å²) >= 11 is 3.17. The fourth-order valence-electron chi connectivity index (χ4n) is 2.12. The van der Waals surface area contributed by atoms with Crippen molar-refractivity contribution in [1.82, 2.24) is 4.98 Å². The van der Waals surface area contributed by atoms with E-state index in [0.29, 0.717) is 17.3 Å². The number of fused-ring (bicyclic) bond motifs is 1. The lowest BCUT2D eigenvalue weighted by Gasteiger charge is -2.04. The van der Waals surface area contributed by atoms with Crippen molar-refractivity contribution in [2.75, 3.05) is 18.2 Å². The van der Waals surface area contributed by atoms with E-state index in [1.807, 2.05) is 25.3 Å². The predicted molar refractivity (Wildman–Crippen MR) is 97.0 cm³/mol. The van der Waals surface area contributed by atoms with Gasteiger partial charge in [0.1, 0.15) is 5.75 Å². The maximum absolute atomic E-state index is 12.3. The van der Waals surface area contributed by atoms with Gasteiger partial charge < -0.3 is 4.74 Å². The molecule has 0 unspecified atom stereocenters. The van der Waals surface area contributed by atoms with Crippen LogP contribution in [0.15, 0.2) is 47.4 Å². The fourth-order valence-corrected chi connectivity index (χ4v) is 3.54. The second-order valence-corrected chi connectivity index (χ2v) is 6.67. The number of carbonyl (C=O) groups is 1. The Balaban J connectivity index is 1.76. The molecule has 6 heteroatoms. The average Bonchev–Trinajstić information content (AvgIpc) is 2.96. The van der Waals surface area contributed by atoms with Crippen molar-refractivity contribution in [2.45, 2.75) is 11.8 Å². The first-order valence-electron chi connectivity index (χ1n) is 7.18. The molecular weight excluding hydrogens is 328 g/mol. The molecule has 1 aromatic heterocycles. The summed E-state index contributed by atoms with van der Waals surface area (Å²) in [6, 6.07) is 13.2. The van der Waals surface area contributed by atoms with Gasteiger partial charge in [0.05, 0.1) is 16.8 Å². The van der Waals surface area contributed by atoms with Crippen LogP contribution >= 0.6 is 23.1 Å². The van der Waals surface area contributed by atoms with Gasteiger partial charge in [-0.15, -0.1) is 11.8 Å². The van der Waals surface area contributed by atoms with E-state index >= 15 is 0 Å². The van der Waals surface area contributed by atoms with E-state index in [1.54, 1.807) is 36.0 Å². The molecule has 118 valence electrons. The first kappa shape index (κ1) is 15.8. The van der Waals surface area contributed by atoms with E-state index in [0.717, 1.165) is 16.0 Å². The number of hydrogen-bond acceptors (Lipinski definition) is 5. The molecule has 23 heavy (non-hydrogen) atoms. The zero-order valence-electron chi connectivity index (χ0n) is 12.8. The fraction of sp³-hybridized carbons (Fsp3) is 0.176. The first-order valence-corrected chi connectivity index (χ1v) is 9.22. The molecule has 0 bridgehead atoms. The number of nitrogens with one attached hydrogen (secondary N) is 1. The van der Waals surface area contributed by atoms with Crippen LogP contribution in [-0.2, 0) is 0 Å². The van der Waals surface area contributed by atoms with Crippen molar-refractivity contribution in [3.05, 3.63) is 48.0 Å². The molecule has 0 aliphatic heterocycles. The number of thiazole rings is 1. The van der Waals surface area contributed by atoms with Crippen LogP contribution < -0.4 is 10.1 Å². The zero-order chi connectivity index (χ0) is 16.2. The maximum Gasteiger partial charge on any atom is 0.257 e. The van der Waals surface area contributed by atoms with Crippen molar-refractivity contribution >= 4 is 44.4 Å². The summed E-state index contributed by atoms with van der Waals surface area (Å²) in [4.78, 5) is 17.9. The smallest absolute Gasteiger partial charge is 0.257 e. The van der Waals surface area contributed by atoms with E-state index in [4.69, 9.17) is 4.74 Å². The average molecular weight is 344 g/mol. The van der Waals surface area contributed by atoms with Crippen molar-refractivity contribution in [3.8, 4) is 5.75 Å². The molecular formula is C17H16N2O2S2. The maximum atomic E-state index is 12.3. The molecule has 0 aliphatic carbocycles. The third kappa shape index (κ3) is 3.65. The summed E-state index contributed by atoms with van der Waals surface area (Å²) in [7, 11) is 0. The zero-order valence-corrected chi connectivity index (χ0v) is 14.5. The van der Waals surface area contributed by atoms with E-state index in [2.05, 4.69) is 16.4 Å². The third-order valence-corrected chi connectivity index (χ3v) is 4.90. The molecule has 0 spiro atoms. The number of thioether (sulfide) groups is 1. The second kappa shape index (κ2) is 7.02. The molecule has 0 radical (unpaired) electrons. The van der Waals surface area contributed by atoms with E-state index in [9.17, 15) is 4.79 Å². The van der Waals surface area contributed by atoms with E-state index in [1.165, 1.54) is 16.2 Å². The molecule has 1 heterocycles. The second-order valence-electron chi connectivity index (χ2n) is 4.76. The van der Waals surface area contributed by atoms with Crippen LogP contribution in [-0.4, -0.2) is 23.8 Å². The first-order chi connectivity index (χ1) is 11.2. The molecule has 2 aromatic carbocycles. The number of carbonyl (C=O) groups excluding carboxylic acids is 1. The van der Waals surface area contributed by atoms with Gasteiger partial charge in [-0.05, 0) is 55.6 Å². The lowest BCUT2D eigenvalue weighted by atomic mass is 10.2. The monoisotopic (exact) mass is 344 g/mol. The standard InChI is InChI=1S/C17H16N2O2S2/c1-3-21-12-6-4-11(5-7-12)16(20)19-17-18-14-9-8-13(22-2)10-15(14)23-17/h4-10H,3H2,1-2H3,(H,18,19,20). The molecule has 3 rings (SSSR count). The van der Waals surface area contributed by atoms with Crippen LogP contribution in [0.3, 0.4) is 0 Å². The van der Waals surface area contributed by atoms with Crippen molar-refractivity contribution in [1.29, 1.82) is 0 Å². The van der Waals surface area contributed by atoms with Gasteiger partial charge in [-0.3, -0.25) is 10.1 Å². The van der Waals surface area contributed by atoms with Gasteiger partial charge in [0.2, 0.25) is 0 Å². The molecule has 0 atom stereocenters. The van der Waals surface area contributed by atoms with E-state index in [-0.39, 0.29) is 5.91 Å². The summed E-state index contributed by atoms with van der Waals surface area (Å²) in [5.41, 5.74) is 1.48. The largest absolute Gasteiger partial charge is 0.494 e. The Bertz CT molecular complexity index is 828. The molecule has 0 fully saturated rings. The summed E-state index contributed by atoms with van der Waals surface area (Å²) in [5.74, 6) is 0.589. The van der Waals surface area contributed by atoms with Crippen LogP contribution in [0, 0.1) is 0 Å². The van der Waals surface area contributed by atoms with Crippen LogP contribution in [0.25, 0.3) is 10.2 Å². The molecule has 0 saturated heterocycles. The van der Waals surface area contributed by atoms with Gasteiger partial charge in [-0.25, -0.2) is 4.98 Å². The van der Waals surface area contributed by atoms with Crippen LogP contribution in [0.4, 0.5) is 5.13 Å². The summed E-state index contributed by atoms with van der Waals surface area (Å²) in [6.07, 6.45) is 2.04. The highest BCUT2D eigenvalue weighted by molar-refractivity contribution is 7.98. The van der Waals surface area contributed by atoms with Crippen molar-refractivity contribution < 1.29 is 9.53 Å². The lowest BCUT2D eigenvalue weighted by Crippen LogP contribution is -2.11. The quantitative estimate of drug-likeness (QED) is 0.683. The number of nitrogens with zero attached hydrogens (tertiary/aromatic N) is 1. The molecule has 3 aromatic rings. The molecule has 0 saturated carbocycles. The highest BCUT2D eigenvalue weighted by Gasteiger charge is 2.10. The van der Waals surface area contributed by atoms with Gasteiger partial charge in [-0.2, -0.15) is 0 Å². The number of amides is 1. The molecule has 1 N–H and O–H groups in total. The van der Waals surface area contributed by atoms with Crippen LogP contribution in [0.1, 0.15) is 17.3 Å². The van der Waals surface area contributed by atoms with Crippen molar-refractivity contribution in [2.24, 2.45) is 0 Å². The van der Waals surface area contributed by atoms with Gasteiger partial charge >= 0.3 is 0 Å². The molecule has 4 nitrogen and oxygen atoms in total. The minimum Gasteiger partial charge on any atom is -0.494 e. The lowest BCUT2D eigenvalue weighted by molar-refractivity contribution is 0.102.